The average Bonchev–Trinajstić information content (AvgIpc) is 2.41. The summed E-state index contributed by atoms with van der Waals surface area (Å²) in [6, 6.07) is 4.03. The molecule has 0 bridgehead atoms. The minimum atomic E-state index is -0.517. The van der Waals surface area contributed by atoms with Gasteiger partial charge in [0.2, 0.25) is 5.91 Å². The fourth-order valence-electron chi connectivity index (χ4n) is 1.51. The van der Waals surface area contributed by atoms with Crippen LogP contribution in [0.4, 0.5) is 5.69 Å². The molecule has 7 heteroatoms. The zero-order chi connectivity index (χ0) is 15.0. The number of non-ortho nitro benzene ring substituents is 1. The molecule has 1 aromatic rings. The number of hydrogen-bond acceptors (Lipinski definition) is 4. The molecule has 0 atom stereocenters. The normalized spacial score (nSPS) is 10.7. The monoisotopic (exact) mass is 297 g/mol. The van der Waals surface area contributed by atoms with Crippen molar-refractivity contribution >= 4 is 29.4 Å². The molecular weight excluding hydrogens is 282 g/mol. The molecule has 0 saturated carbocycles. The van der Waals surface area contributed by atoms with Gasteiger partial charge >= 0.3 is 0 Å². The first-order chi connectivity index (χ1) is 9.54. The van der Waals surface area contributed by atoms with Crippen molar-refractivity contribution in [2.24, 2.45) is 5.10 Å². The van der Waals surface area contributed by atoms with Crippen LogP contribution in [0, 0.1) is 10.1 Å². The smallest absolute Gasteiger partial charge is 0.270 e. The number of carbonyl (C=O) groups is 1. The van der Waals surface area contributed by atoms with E-state index in [1.807, 2.05) is 0 Å². The van der Waals surface area contributed by atoms with Crippen LogP contribution in [0.2, 0.25) is 5.02 Å². The Balaban J connectivity index is 2.59. The van der Waals surface area contributed by atoms with Gasteiger partial charge in [-0.2, -0.15) is 5.10 Å². The van der Waals surface area contributed by atoms with Gasteiger partial charge in [0.15, 0.2) is 0 Å². The average molecular weight is 298 g/mol. The molecule has 0 aromatic heterocycles. The van der Waals surface area contributed by atoms with Gasteiger partial charge in [-0.15, -0.1) is 0 Å². The molecule has 0 radical (unpaired) electrons. The molecule has 0 aliphatic carbocycles. The Hall–Kier alpha value is -1.95. The first-order valence-corrected chi connectivity index (χ1v) is 6.68. The molecule has 0 fully saturated rings. The molecule has 108 valence electrons. The van der Waals surface area contributed by atoms with Gasteiger partial charge in [0.25, 0.3) is 5.69 Å². The van der Waals surface area contributed by atoms with Crippen molar-refractivity contribution < 1.29 is 9.72 Å². The highest BCUT2D eigenvalue weighted by Crippen LogP contribution is 2.20. The van der Waals surface area contributed by atoms with Crippen LogP contribution in [-0.4, -0.2) is 17.0 Å². The van der Waals surface area contributed by atoms with Crippen molar-refractivity contribution in [3.8, 4) is 0 Å². The molecule has 0 saturated heterocycles. The van der Waals surface area contributed by atoms with Crippen LogP contribution in [0.1, 0.15) is 38.2 Å². The number of nitro groups is 1. The number of hydrogen-bond donors (Lipinski definition) is 1. The molecule has 0 aliphatic heterocycles. The molecule has 1 rings (SSSR count). The highest BCUT2D eigenvalue weighted by atomic mass is 35.5. The van der Waals surface area contributed by atoms with Gasteiger partial charge in [-0.1, -0.05) is 31.4 Å². The summed E-state index contributed by atoms with van der Waals surface area (Å²) in [6.45, 7) is 2.06. The summed E-state index contributed by atoms with van der Waals surface area (Å²) in [5.41, 5.74) is 2.67. The second-order valence-corrected chi connectivity index (χ2v) is 4.62. The third kappa shape index (κ3) is 5.36. The number of unbranched alkanes of at least 4 members (excludes halogenated alkanes) is 2. The van der Waals surface area contributed by atoms with E-state index in [2.05, 4.69) is 17.5 Å². The van der Waals surface area contributed by atoms with Crippen LogP contribution in [0.15, 0.2) is 23.3 Å². The predicted molar refractivity (Wildman–Crippen MR) is 78.0 cm³/mol. The number of nitrogens with zero attached hydrogens (tertiary/aromatic N) is 2. The first kappa shape index (κ1) is 16.1. The quantitative estimate of drug-likeness (QED) is 0.363. The Kier molecular flexibility index (Phi) is 6.66. The van der Waals surface area contributed by atoms with E-state index in [0.29, 0.717) is 17.0 Å². The van der Waals surface area contributed by atoms with E-state index in [9.17, 15) is 14.9 Å². The molecule has 0 heterocycles. The van der Waals surface area contributed by atoms with Crippen LogP contribution in [0.25, 0.3) is 0 Å². The predicted octanol–water partition coefficient (Wildman–Crippen LogP) is 3.28. The second-order valence-electron chi connectivity index (χ2n) is 4.21. The van der Waals surface area contributed by atoms with E-state index in [1.165, 1.54) is 24.4 Å². The Labute approximate surface area is 122 Å². The van der Waals surface area contributed by atoms with Gasteiger partial charge in [0, 0.05) is 29.1 Å². The molecule has 20 heavy (non-hydrogen) atoms. The lowest BCUT2D eigenvalue weighted by atomic mass is 10.2. The minimum absolute atomic E-state index is 0.0786. The van der Waals surface area contributed by atoms with Crippen molar-refractivity contribution in [1.82, 2.24) is 5.43 Å². The van der Waals surface area contributed by atoms with Crippen LogP contribution in [-0.2, 0) is 4.79 Å². The van der Waals surface area contributed by atoms with Crippen LogP contribution >= 0.6 is 11.6 Å². The Morgan fingerprint density at radius 3 is 2.90 bits per heavy atom. The molecule has 0 spiro atoms. The fourth-order valence-corrected chi connectivity index (χ4v) is 1.68. The minimum Gasteiger partial charge on any atom is -0.273 e. The first-order valence-electron chi connectivity index (χ1n) is 6.30. The van der Waals surface area contributed by atoms with Gasteiger partial charge in [0.05, 0.1) is 11.1 Å². The SMILES string of the molecule is CCCCCC(=O)N/N=C/c1cc([N+](=O)[O-])ccc1Cl. The number of halogens is 1. The Bertz CT molecular complexity index is 518. The number of hydrazone groups is 1. The van der Waals surface area contributed by atoms with Crippen molar-refractivity contribution in [3.05, 3.63) is 38.9 Å². The van der Waals surface area contributed by atoms with Crippen LogP contribution in [0.3, 0.4) is 0 Å². The molecule has 1 N–H and O–H groups in total. The summed E-state index contributed by atoms with van der Waals surface area (Å²) in [7, 11) is 0. The highest BCUT2D eigenvalue weighted by Gasteiger charge is 2.08. The van der Waals surface area contributed by atoms with E-state index in [4.69, 9.17) is 11.6 Å². The van der Waals surface area contributed by atoms with E-state index in [1.54, 1.807) is 0 Å². The maximum Gasteiger partial charge on any atom is 0.270 e. The van der Waals surface area contributed by atoms with Crippen molar-refractivity contribution in [3.63, 3.8) is 0 Å². The molecule has 0 aliphatic rings. The van der Waals surface area contributed by atoms with Gasteiger partial charge < -0.3 is 0 Å². The number of carbonyl (C=O) groups excluding carboxylic acids is 1. The largest absolute Gasteiger partial charge is 0.273 e. The summed E-state index contributed by atoms with van der Waals surface area (Å²) in [6.07, 6.45) is 4.56. The number of benzene rings is 1. The highest BCUT2D eigenvalue weighted by molar-refractivity contribution is 6.33. The van der Waals surface area contributed by atoms with E-state index in [0.717, 1.165) is 19.3 Å². The molecule has 0 unspecified atom stereocenters. The lowest BCUT2D eigenvalue weighted by Crippen LogP contribution is -2.16. The number of amides is 1. The maximum atomic E-state index is 11.4. The van der Waals surface area contributed by atoms with E-state index in [-0.39, 0.29) is 11.6 Å². The molecule has 1 amide bonds. The van der Waals surface area contributed by atoms with Gasteiger partial charge in [-0.3, -0.25) is 14.9 Å². The number of nitrogens with one attached hydrogen (secondary N) is 1. The lowest BCUT2D eigenvalue weighted by Gasteiger charge is -2.00. The number of nitro benzene ring substituents is 1. The number of rotatable bonds is 7. The summed E-state index contributed by atoms with van der Waals surface area (Å²) in [5.74, 6) is -0.184. The van der Waals surface area contributed by atoms with Crippen molar-refractivity contribution in [2.75, 3.05) is 0 Å². The summed E-state index contributed by atoms with van der Waals surface area (Å²) in [5, 5.41) is 14.7. The maximum absolute atomic E-state index is 11.4. The molecule has 6 nitrogen and oxygen atoms in total. The van der Waals surface area contributed by atoms with E-state index < -0.39 is 4.92 Å². The Morgan fingerprint density at radius 2 is 2.25 bits per heavy atom. The van der Waals surface area contributed by atoms with E-state index >= 15 is 0 Å². The third-order valence-corrected chi connectivity index (χ3v) is 2.93. The summed E-state index contributed by atoms with van der Waals surface area (Å²) >= 11 is 5.89. The van der Waals surface area contributed by atoms with Crippen molar-refractivity contribution in [1.29, 1.82) is 0 Å². The fraction of sp³-hybridized carbons (Fsp3) is 0.385. The molecular formula is C13H16ClN3O3. The van der Waals surface area contributed by atoms with Gasteiger partial charge in [0.1, 0.15) is 0 Å². The third-order valence-electron chi connectivity index (χ3n) is 2.59. The van der Waals surface area contributed by atoms with Crippen LogP contribution in [0.5, 0.6) is 0 Å². The molecule has 1 aromatic carbocycles. The zero-order valence-corrected chi connectivity index (χ0v) is 11.9. The summed E-state index contributed by atoms with van der Waals surface area (Å²) in [4.78, 5) is 21.5. The van der Waals surface area contributed by atoms with Crippen LogP contribution < -0.4 is 5.43 Å². The van der Waals surface area contributed by atoms with Gasteiger partial charge in [-0.25, -0.2) is 5.43 Å². The Morgan fingerprint density at radius 1 is 1.50 bits per heavy atom. The van der Waals surface area contributed by atoms with Crippen molar-refractivity contribution in [2.45, 2.75) is 32.6 Å². The lowest BCUT2D eigenvalue weighted by molar-refractivity contribution is -0.384. The second kappa shape index (κ2) is 8.27. The standard InChI is InChI=1S/C13H16ClN3O3/c1-2-3-4-5-13(18)16-15-9-10-8-11(17(19)20)6-7-12(10)14/h6-9H,2-5H2,1H3,(H,16,18)/b15-9+. The topological polar surface area (TPSA) is 84.6 Å². The zero-order valence-electron chi connectivity index (χ0n) is 11.1. The summed E-state index contributed by atoms with van der Waals surface area (Å²) < 4.78 is 0. The van der Waals surface area contributed by atoms with Gasteiger partial charge in [-0.05, 0) is 12.5 Å².